The van der Waals surface area contributed by atoms with E-state index in [4.69, 9.17) is 14.3 Å². The van der Waals surface area contributed by atoms with E-state index in [0.29, 0.717) is 44.6 Å². The first kappa shape index (κ1) is 50.5. The third kappa shape index (κ3) is 12.3. The molecule has 3 aromatic rings. The van der Waals surface area contributed by atoms with E-state index in [1.807, 2.05) is 18.2 Å². The maximum Gasteiger partial charge on any atom is 0.342 e. The zero-order chi connectivity index (χ0) is 49.1. The highest BCUT2D eigenvalue weighted by molar-refractivity contribution is 6.00. The molecule has 0 aromatic heterocycles. The molecule has 2 amide bonds. The molecule has 0 radical (unpaired) electrons. The van der Waals surface area contributed by atoms with Gasteiger partial charge in [-0.05, 0) is 92.5 Å². The van der Waals surface area contributed by atoms with Crippen LogP contribution in [0.5, 0.6) is 11.5 Å². The van der Waals surface area contributed by atoms with Crippen molar-refractivity contribution in [1.82, 2.24) is 10.2 Å². The molecule has 0 spiro atoms. The molecule has 1 fully saturated rings. The van der Waals surface area contributed by atoms with E-state index in [9.17, 15) is 24.6 Å². The number of carbonyl (C=O) groups excluding carboxylic acids is 3. The number of cyclic esters (lactones) is 1. The second-order valence-corrected chi connectivity index (χ2v) is 19.7. The van der Waals surface area contributed by atoms with Gasteiger partial charge in [-0.15, -0.1) is 0 Å². The Hall–Kier alpha value is -6.34. The summed E-state index contributed by atoms with van der Waals surface area (Å²) in [6, 6.07) is 20.0. The number of likely N-dealkylation sites (tertiary alicyclic amines) is 1. The summed E-state index contributed by atoms with van der Waals surface area (Å²) < 4.78 is 11.9. The van der Waals surface area contributed by atoms with Gasteiger partial charge in [-0.25, -0.2) is 4.79 Å². The molecule has 3 atom stereocenters. The van der Waals surface area contributed by atoms with Crippen molar-refractivity contribution in [3.8, 4) is 11.5 Å². The van der Waals surface area contributed by atoms with Crippen molar-refractivity contribution in [2.24, 2.45) is 5.16 Å². The van der Waals surface area contributed by atoms with Crippen molar-refractivity contribution < 1.29 is 38.9 Å². The van der Waals surface area contributed by atoms with Gasteiger partial charge >= 0.3 is 5.97 Å². The highest BCUT2D eigenvalue weighted by atomic mass is 16.6. The highest BCUT2D eigenvalue weighted by Gasteiger charge is 2.42. The first-order chi connectivity index (χ1) is 33.1. The van der Waals surface area contributed by atoms with Crippen LogP contribution in [0.3, 0.4) is 0 Å². The van der Waals surface area contributed by atoms with Gasteiger partial charge in [0, 0.05) is 86.5 Å². The molecule has 4 aliphatic heterocycles. The maximum absolute atomic E-state index is 13.4. The lowest BCUT2D eigenvalue weighted by Crippen LogP contribution is -2.37. The molecule has 4 aliphatic rings. The zero-order valence-corrected chi connectivity index (χ0v) is 41.3. The summed E-state index contributed by atoms with van der Waals surface area (Å²) in [6.45, 7) is 13.5. The van der Waals surface area contributed by atoms with E-state index in [0.717, 1.165) is 44.7 Å². The second-order valence-electron chi connectivity index (χ2n) is 19.7. The number of aromatic hydroxyl groups is 2. The van der Waals surface area contributed by atoms with Gasteiger partial charge in [-0.3, -0.25) is 9.59 Å². The number of piperidine rings is 1. The Morgan fingerprint density at radius 1 is 0.942 bits per heavy atom. The van der Waals surface area contributed by atoms with Gasteiger partial charge in [0.15, 0.2) is 6.61 Å². The number of phenols is 2. The number of hydrogen-bond acceptors (Lipinski definition) is 11. The minimum atomic E-state index is -0.743. The molecule has 0 bridgehead atoms. The van der Waals surface area contributed by atoms with Crippen molar-refractivity contribution in [3.63, 3.8) is 0 Å². The van der Waals surface area contributed by atoms with Gasteiger partial charge in [0.1, 0.15) is 23.2 Å². The lowest BCUT2D eigenvalue weighted by atomic mass is 9.80. The lowest BCUT2D eigenvalue weighted by Gasteiger charge is -2.30. The molecule has 3 aromatic carbocycles. The third-order valence-electron chi connectivity index (χ3n) is 13.9. The van der Waals surface area contributed by atoms with Crippen molar-refractivity contribution in [2.75, 3.05) is 56.2 Å². The van der Waals surface area contributed by atoms with Crippen LogP contribution in [0, 0.1) is 0 Å². The van der Waals surface area contributed by atoms with Gasteiger partial charge < -0.3 is 44.5 Å². The van der Waals surface area contributed by atoms with Crippen molar-refractivity contribution in [1.29, 1.82) is 0 Å². The monoisotopic (exact) mass is 942 g/mol. The summed E-state index contributed by atoms with van der Waals surface area (Å²) in [5.41, 5.74) is 6.77. The van der Waals surface area contributed by atoms with Crippen LogP contribution in [-0.4, -0.2) is 103 Å². The Kier molecular flexibility index (Phi) is 16.7. The molecule has 1 saturated heterocycles. The molecule has 2 unspecified atom stereocenters. The number of rotatable bonds is 14. The number of likely N-dealkylation sites (N-methyl/N-ethyl adjacent to an activating group) is 1. The van der Waals surface area contributed by atoms with E-state index in [1.54, 1.807) is 17.9 Å². The van der Waals surface area contributed by atoms with Gasteiger partial charge in [0.05, 0.1) is 24.5 Å². The van der Waals surface area contributed by atoms with Crippen molar-refractivity contribution in [3.05, 3.63) is 131 Å². The Bertz CT molecular complexity index is 2460. The average molecular weight is 942 g/mol. The van der Waals surface area contributed by atoms with E-state index in [1.165, 1.54) is 34.3 Å². The zero-order valence-electron chi connectivity index (χ0n) is 41.3. The quantitative estimate of drug-likeness (QED) is 0.0617. The molecule has 368 valence electrons. The highest BCUT2D eigenvalue weighted by Crippen LogP contribution is 2.48. The summed E-state index contributed by atoms with van der Waals surface area (Å²) in [7, 11) is 2.18. The first-order valence-electron chi connectivity index (χ1n) is 24.7. The fourth-order valence-corrected chi connectivity index (χ4v) is 10.2. The van der Waals surface area contributed by atoms with Crippen LogP contribution in [0.15, 0.2) is 114 Å². The fraction of sp³-hybridized carbons (Fsp3) is 0.464. The van der Waals surface area contributed by atoms with Crippen LogP contribution in [0.2, 0.25) is 0 Å². The molecule has 3 N–H and O–H groups in total. The van der Waals surface area contributed by atoms with Crippen LogP contribution in [0.1, 0.15) is 113 Å². The number of oxime groups is 1. The minimum Gasteiger partial charge on any atom is -0.508 e. The summed E-state index contributed by atoms with van der Waals surface area (Å²) >= 11 is 0. The normalized spacial score (nSPS) is 22.3. The van der Waals surface area contributed by atoms with Gasteiger partial charge in [-0.1, -0.05) is 99.6 Å². The summed E-state index contributed by atoms with van der Waals surface area (Å²) in [6.07, 6.45) is 19.1. The Balaban J connectivity index is 0.929. The number of nitrogens with one attached hydrogen (secondary N) is 1. The number of anilines is 2. The number of hydrogen-bond donors (Lipinski definition) is 3. The number of allylic oxidation sites excluding steroid dienone is 4. The number of nitrogens with zero attached hydrogens (tertiary/aromatic N) is 4. The van der Waals surface area contributed by atoms with E-state index < -0.39 is 17.8 Å². The number of unbranched alkanes of at least 4 members (excludes halogenated alkanes) is 1. The Morgan fingerprint density at radius 3 is 2.45 bits per heavy atom. The number of carbonyl (C=O) groups is 3. The van der Waals surface area contributed by atoms with Gasteiger partial charge in [0.2, 0.25) is 5.91 Å². The summed E-state index contributed by atoms with van der Waals surface area (Å²) in [5, 5.41) is 28.4. The maximum atomic E-state index is 13.4. The SMILES string of the molecule is C[C@@H]1CC=CC(OCCNC(=O)CCCCN2C(=CC=CC3N(C)c4ccccc4C3(C)C)C(C)(C)c3ccccc32)CC=CC(=NOCC(=O)N2CCCCC2)Cc2cc(O)cc(O)c2C(=O)O1. The molecule has 0 aliphatic carbocycles. The van der Waals surface area contributed by atoms with Crippen LogP contribution in [0.4, 0.5) is 11.4 Å². The Morgan fingerprint density at radius 2 is 1.68 bits per heavy atom. The van der Waals surface area contributed by atoms with Crippen LogP contribution >= 0.6 is 0 Å². The second kappa shape index (κ2) is 22.8. The van der Waals surface area contributed by atoms with Crippen LogP contribution < -0.4 is 15.1 Å². The van der Waals surface area contributed by atoms with Crippen LogP contribution in [0.25, 0.3) is 0 Å². The molecule has 7 rings (SSSR count). The molecular weight excluding hydrogens is 871 g/mol. The topological polar surface area (TPSA) is 153 Å². The van der Waals surface area contributed by atoms with Gasteiger partial charge in [0.25, 0.3) is 5.91 Å². The fourth-order valence-electron chi connectivity index (χ4n) is 10.2. The van der Waals surface area contributed by atoms with Crippen LogP contribution in [-0.2, 0) is 41.2 Å². The van der Waals surface area contributed by atoms with E-state index >= 15 is 0 Å². The lowest BCUT2D eigenvalue weighted by molar-refractivity contribution is -0.137. The molecule has 13 heteroatoms. The predicted molar refractivity (Wildman–Crippen MR) is 272 cm³/mol. The number of amides is 2. The van der Waals surface area contributed by atoms with E-state index in [-0.39, 0.29) is 71.3 Å². The number of fused-ring (bicyclic) bond motifs is 3. The minimum absolute atomic E-state index is 0.00586. The Labute approximate surface area is 408 Å². The number of esters is 1. The first-order valence-corrected chi connectivity index (χ1v) is 24.7. The van der Waals surface area contributed by atoms with Crippen molar-refractivity contribution in [2.45, 2.75) is 121 Å². The van der Waals surface area contributed by atoms with E-state index in [2.05, 4.69) is 122 Å². The number of phenolic OH excluding ortho intramolecular Hbond substituents is 2. The standard InChI is InChI=1S/C56H71N5O8/c1-39-19-16-21-43(22-17-20-41(58-68-38-52(65)60-31-13-7-14-32-60)35-40-36-42(62)37-48(63)53(40)54(66)69-39)67-34-30-57-51(64)29-12-15-33-61-47-26-11-9-24-45(47)56(4,5)50(61)28-18-27-49-55(2,3)44-23-8-10-25-46(44)59(49)6/h8-11,16-18,20-21,23-28,36-37,39,43,49,62-63H,7,12-15,19,22,29-35,38H2,1-6H3,(H,57,64)/t39-,43?,49?/m1/s1. The third-order valence-corrected chi connectivity index (χ3v) is 13.9. The smallest absolute Gasteiger partial charge is 0.342 e. The number of benzene rings is 3. The molecule has 4 heterocycles. The summed E-state index contributed by atoms with van der Waals surface area (Å²) in [4.78, 5) is 51.4. The van der Waals surface area contributed by atoms with Crippen molar-refractivity contribution >= 4 is 34.9 Å². The summed E-state index contributed by atoms with van der Waals surface area (Å²) in [5.74, 6) is -1.57. The predicted octanol–water partition coefficient (Wildman–Crippen LogP) is 9.18. The molecule has 13 nitrogen and oxygen atoms in total. The molecule has 0 saturated carbocycles. The largest absolute Gasteiger partial charge is 0.508 e. The molecule has 69 heavy (non-hydrogen) atoms. The number of para-hydroxylation sites is 2. The average Bonchev–Trinajstić information content (AvgIpc) is 3.65. The van der Waals surface area contributed by atoms with Gasteiger partial charge in [-0.2, -0.15) is 0 Å². The number of ether oxygens (including phenoxy) is 2. The molecular formula is C56H71N5O8.